The summed E-state index contributed by atoms with van der Waals surface area (Å²) < 4.78 is 62.7. The molecule has 0 spiro atoms. The minimum absolute atomic E-state index is 0.182. The molecule has 1 amide bonds. The number of ether oxygens (including phenoxy) is 1. The molecule has 0 saturated carbocycles. The van der Waals surface area contributed by atoms with Crippen LogP contribution in [0.1, 0.15) is 22.8 Å². The molecule has 1 saturated heterocycles. The maximum absolute atomic E-state index is 13.9. The molecule has 4 rings (SSSR count). The van der Waals surface area contributed by atoms with Crippen LogP contribution in [0, 0.1) is 5.82 Å². The molecule has 1 atom stereocenters. The van der Waals surface area contributed by atoms with Gasteiger partial charge >= 0.3 is 6.18 Å². The van der Waals surface area contributed by atoms with Gasteiger partial charge < -0.3 is 24.4 Å². The lowest BCUT2D eigenvalue weighted by molar-refractivity contribution is -0.138. The lowest BCUT2D eigenvalue weighted by Crippen LogP contribution is -2.49. The average Bonchev–Trinajstić information content (AvgIpc) is 3.39. The van der Waals surface area contributed by atoms with Crippen LogP contribution in [0.4, 0.5) is 29.2 Å². The van der Waals surface area contributed by atoms with Gasteiger partial charge in [-0.1, -0.05) is 19.6 Å². The number of piperazine rings is 1. The highest BCUT2D eigenvalue weighted by Gasteiger charge is 2.38. The van der Waals surface area contributed by atoms with Crippen molar-refractivity contribution in [1.82, 2.24) is 29.2 Å². The van der Waals surface area contributed by atoms with E-state index in [1.165, 1.54) is 0 Å². The van der Waals surface area contributed by atoms with Gasteiger partial charge in [0.2, 0.25) is 5.95 Å². The van der Waals surface area contributed by atoms with Gasteiger partial charge in [-0.3, -0.25) is 9.59 Å². The van der Waals surface area contributed by atoms with Crippen LogP contribution in [0.25, 0.3) is 0 Å². The fraction of sp³-hybridized carbons (Fsp3) is 0.519. The molecule has 3 aromatic rings. The van der Waals surface area contributed by atoms with Crippen molar-refractivity contribution in [2.24, 2.45) is 0 Å². The van der Waals surface area contributed by atoms with Gasteiger partial charge in [-0.25, -0.2) is 19.0 Å². The van der Waals surface area contributed by atoms with Crippen LogP contribution in [0.3, 0.4) is 0 Å². The normalized spacial score (nSPS) is 15.1. The second-order valence-corrected chi connectivity index (χ2v) is 17.3. The van der Waals surface area contributed by atoms with Gasteiger partial charge in [0.1, 0.15) is 12.3 Å². The van der Waals surface area contributed by atoms with Crippen molar-refractivity contribution in [3.05, 3.63) is 64.3 Å². The minimum Gasteiger partial charge on any atom is -0.379 e. The zero-order valence-corrected chi connectivity index (χ0v) is 25.6. The molecule has 1 unspecified atom stereocenters. The summed E-state index contributed by atoms with van der Waals surface area (Å²) >= 11 is 0. The van der Waals surface area contributed by atoms with Crippen LogP contribution in [0.2, 0.25) is 25.7 Å². The lowest BCUT2D eigenvalue weighted by atomic mass is 10.2. The van der Waals surface area contributed by atoms with E-state index in [1.54, 1.807) is 34.9 Å². The predicted molar refractivity (Wildman–Crippen MR) is 155 cm³/mol. The quantitative estimate of drug-likeness (QED) is 0.195. The molecule has 1 aliphatic heterocycles. The molecule has 11 nitrogen and oxygen atoms in total. The molecule has 1 N–H and O–H groups in total. The van der Waals surface area contributed by atoms with Crippen molar-refractivity contribution in [1.29, 1.82) is 0 Å². The van der Waals surface area contributed by atoms with E-state index < -0.39 is 42.9 Å². The number of anilines is 2. The summed E-state index contributed by atoms with van der Waals surface area (Å²) in [7, 11) is -1.40. The van der Waals surface area contributed by atoms with Crippen LogP contribution in [0.15, 0.2) is 41.8 Å². The molecule has 234 valence electrons. The Morgan fingerprint density at radius 3 is 2.42 bits per heavy atom. The fourth-order valence-corrected chi connectivity index (χ4v) is 5.32. The van der Waals surface area contributed by atoms with Gasteiger partial charge in [-0.05, 0) is 19.0 Å². The number of carbonyl (C=O) groups is 1. The van der Waals surface area contributed by atoms with Crippen molar-refractivity contribution >= 4 is 25.6 Å². The van der Waals surface area contributed by atoms with Crippen LogP contribution >= 0.6 is 0 Å². The van der Waals surface area contributed by atoms with Gasteiger partial charge in [0.25, 0.3) is 11.5 Å². The third-order valence-corrected chi connectivity index (χ3v) is 8.58. The van der Waals surface area contributed by atoms with E-state index in [0.717, 1.165) is 24.6 Å². The maximum atomic E-state index is 13.9. The summed E-state index contributed by atoms with van der Waals surface area (Å²) in [5, 5.41) is 6.66. The van der Waals surface area contributed by atoms with E-state index in [0.29, 0.717) is 49.0 Å². The van der Waals surface area contributed by atoms with E-state index in [9.17, 15) is 27.2 Å². The largest absolute Gasteiger partial charge is 0.423 e. The number of hydrogen-bond acceptors (Lipinski definition) is 8. The average molecular weight is 625 g/mol. The van der Waals surface area contributed by atoms with Crippen molar-refractivity contribution in [3.63, 3.8) is 0 Å². The number of amides is 1. The van der Waals surface area contributed by atoms with E-state index in [4.69, 9.17) is 4.74 Å². The number of carbonyl (C=O) groups excluding carboxylic acids is 1. The Hall–Kier alpha value is -3.79. The Balaban J connectivity index is 1.35. The van der Waals surface area contributed by atoms with Crippen molar-refractivity contribution in [3.8, 4) is 0 Å². The molecule has 0 bridgehead atoms. The van der Waals surface area contributed by atoms with Crippen molar-refractivity contribution in [2.45, 2.75) is 58.1 Å². The smallest absolute Gasteiger partial charge is 0.379 e. The second-order valence-electron chi connectivity index (χ2n) is 11.7. The Morgan fingerprint density at radius 2 is 1.79 bits per heavy atom. The van der Waals surface area contributed by atoms with Gasteiger partial charge in [0.05, 0.1) is 29.8 Å². The Morgan fingerprint density at radius 1 is 1.12 bits per heavy atom. The first-order valence-corrected chi connectivity index (χ1v) is 17.6. The van der Waals surface area contributed by atoms with Crippen LogP contribution in [-0.4, -0.2) is 82.0 Å². The predicted octanol–water partition coefficient (Wildman–Crippen LogP) is 3.77. The van der Waals surface area contributed by atoms with Gasteiger partial charge in [-0.15, -0.1) is 0 Å². The number of rotatable bonds is 11. The minimum atomic E-state index is -4.90. The summed E-state index contributed by atoms with van der Waals surface area (Å²) in [6.45, 7) is 10.1. The van der Waals surface area contributed by atoms with Crippen molar-refractivity contribution < 1.29 is 27.1 Å². The standard InChI is InChI=1S/C27H36F4N8O3Si/c1-19(35-22-15-34-39(18-42-11-12-43(2,3)4)25(41)23(22)27(29,30)31)16-36-6-5-20(17-36)24(40)37-7-9-38(10-8-37)26-32-13-21(28)14-33-26/h5-6,13-15,17,19,35H,7-12,16,18H2,1-4H3. The molecule has 0 radical (unpaired) electrons. The van der Waals surface area contributed by atoms with E-state index >= 15 is 0 Å². The fourth-order valence-electron chi connectivity index (χ4n) is 4.56. The molecule has 0 aliphatic carbocycles. The summed E-state index contributed by atoms with van der Waals surface area (Å²) in [6, 6.07) is 1.92. The van der Waals surface area contributed by atoms with Gasteiger partial charge in [0, 0.05) is 65.8 Å². The van der Waals surface area contributed by atoms with Crippen LogP contribution in [0.5, 0.6) is 0 Å². The number of nitrogens with one attached hydrogen (secondary N) is 1. The second kappa shape index (κ2) is 13.2. The third kappa shape index (κ3) is 8.62. The SMILES string of the molecule is CC(Cn1ccc(C(=O)N2CCN(c3ncc(F)cn3)CC2)c1)Nc1cnn(COCC[Si](C)(C)C)c(=O)c1C(F)(F)F. The zero-order valence-electron chi connectivity index (χ0n) is 24.6. The summed E-state index contributed by atoms with van der Waals surface area (Å²) in [4.78, 5) is 37.3. The summed E-state index contributed by atoms with van der Waals surface area (Å²) in [5.74, 6) is -0.309. The molecular weight excluding hydrogens is 588 g/mol. The number of halogens is 4. The van der Waals surface area contributed by atoms with E-state index in [-0.39, 0.29) is 19.2 Å². The van der Waals surface area contributed by atoms with Crippen molar-refractivity contribution in [2.75, 3.05) is 43.0 Å². The highest BCUT2D eigenvalue weighted by molar-refractivity contribution is 6.76. The number of aromatic nitrogens is 5. The molecule has 1 aliphatic rings. The van der Waals surface area contributed by atoms with Crippen LogP contribution < -0.4 is 15.8 Å². The van der Waals surface area contributed by atoms with E-state index in [1.807, 2.05) is 4.90 Å². The zero-order chi connectivity index (χ0) is 31.4. The number of alkyl halides is 3. The number of hydrogen-bond donors (Lipinski definition) is 1. The van der Waals surface area contributed by atoms with Gasteiger partial charge in [0.15, 0.2) is 5.82 Å². The molecule has 4 heterocycles. The monoisotopic (exact) mass is 624 g/mol. The maximum Gasteiger partial charge on any atom is 0.423 e. The van der Waals surface area contributed by atoms with Crippen LogP contribution in [-0.2, 0) is 24.2 Å². The third-order valence-electron chi connectivity index (χ3n) is 6.88. The van der Waals surface area contributed by atoms with Gasteiger partial charge in [-0.2, -0.15) is 18.3 Å². The molecular formula is C27H36F4N8O3Si. The Labute approximate surface area is 247 Å². The molecule has 1 fully saturated rings. The molecule has 3 aromatic heterocycles. The number of nitrogens with zero attached hydrogens (tertiary/aromatic N) is 7. The Kier molecular flexibility index (Phi) is 9.89. The summed E-state index contributed by atoms with van der Waals surface area (Å²) in [6.07, 6.45) is 1.59. The Bertz CT molecular complexity index is 1450. The first-order valence-electron chi connectivity index (χ1n) is 13.9. The topological polar surface area (TPSA) is 110 Å². The first kappa shape index (κ1) is 32.1. The summed E-state index contributed by atoms with van der Waals surface area (Å²) in [5.41, 5.74) is -2.60. The van der Waals surface area contributed by atoms with E-state index in [2.05, 4.69) is 40.0 Å². The molecule has 0 aromatic carbocycles. The molecule has 43 heavy (non-hydrogen) atoms. The first-order chi connectivity index (χ1) is 20.2. The highest BCUT2D eigenvalue weighted by atomic mass is 28.3. The lowest BCUT2D eigenvalue weighted by Gasteiger charge is -2.34. The highest BCUT2D eigenvalue weighted by Crippen LogP contribution is 2.32. The molecule has 16 heteroatoms.